The van der Waals surface area contributed by atoms with Gasteiger partial charge < -0.3 is 15.1 Å². The first-order valence-corrected chi connectivity index (χ1v) is 8.22. The van der Waals surface area contributed by atoms with Gasteiger partial charge in [0.25, 0.3) is 0 Å². The summed E-state index contributed by atoms with van der Waals surface area (Å²) in [6.45, 7) is 7.45. The van der Waals surface area contributed by atoms with Crippen LogP contribution in [0.2, 0.25) is 0 Å². The van der Waals surface area contributed by atoms with Gasteiger partial charge in [-0.25, -0.2) is 0 Å². The zero-order valence-electron chi connectivity index (χ0n) is 13.5. The van der Waals surface area contributed by atoms with Crippen LogP contribution in [-0.2, 0) is 4.79 Å². The van der Waals surface area contributed by atoms with E-state index < -0.39 is 0 Å². The van der Waals surface area contributed by atoms with Gasteiger partial charge in [-0.3, -0.25) is 4.79 Å². The molecule has 1 amide bonds. The van der Waals surface area contributed by atoms with Gasteiger partial charge in [-0.1, -0.05) is 6.92 Å². The van der Waals surface area contributed by atoms with Crippen molar-refractivity contribution in [3.05, 3.63) is 0 Å². The minimum atomic E-state index is -0.0918. The molecule has 2 saturated heterocycles. The average molecular weight is 281 g/mol. The first kappa shape index (κ1) is 15.8. The number of likely N-dealkylation sites (tertiary alicyclic amines) is 1. The van der Waals surface area contributed by atoms with E-state index in [1.165, 1.54) is 25.9 Å². The Morgan fingerprint density at radius 1 is 1.30 bits per heavy atom. The predicted molar refractivity (Wildman–Crippen MR) is 82.7 cm³/mol. The summed E-state index contributed by atoms with van der Waals surface area (Å²) in [5.41, 5.74) is -0.0918. The molecule has 20 heavy (non-hydrogen) atoms. The molecule has 2 aliphatic rings. The van der Waals surface area contributed by atoms with Crippen molar-refractivity contribution in [2.24, 2.45) is 11.3 Å². The van der Waals surface area contributed by atoms with Gasteiger partial charge in [-0.15, -0.1) is 0 Å². The summed E-state index contributed by atoms with van der Waals surface area (Å²) in [5.74, 6) is 1.08. The standard InChI is InChI=1S/C16H31N3O/c1-4-16(7-9-17-10-8-16)15(20)19(3)13-14-5-11-18(2)12-6-14/h14,17H,4-13H2,1-3H3. The smallest absolute Gasteiger partial charge is 0.228 e. The number of hydrogen-bond acceptors (Lipinski definition) is 3. The number of amides is 1. The van der Waals surface area contributed by atoms with Crippen LogP contribution in [0.25, 0.3) is 0 Å². The molecule has 2 rings (SSSR count). The first-order valence-electron chi connectivity index (χ1n) is 8.22. The molecule has 0 saturated carbocycles. The Morgan fingerprint density at radius 2 is 1.90 bits per heavy atom. The summed E-state index contributed by atoms with van der Waals surface area (Å²) in [4.78, 5) is 17.3. The van der Waals surface area contributed by atoms with Gasteiger partial charge in [0.2, 0.25) is 5.91 Å². The van der Waals surface area contributed by atoms with Crippen LogP contribution < -0.4 is 5.32 Å². The molecular weight excluding hydrogens is 250 g/mol. The van der Waals surface area contributed by atoms with Crippen LogP contribution in [0.1, 0.15) is 39.0 Å². The Bertz CT molecular complexity index is 318. The number of piperidine rings is 2. The van der Waals surface area contributed by atoms with Gasteiger partial charge in [-0.2, -0.15) is 0 Å². The SMILES string of the molecule is CCC1(C(=O)N(C)CC2CCN(C)CC2)CCNCC1. The fourth-order valence-electron chi connectivity index (χ4n) is 3.74. The lowest BCUT2D eigenvalue weighted by Crippen LogP contribution is -2.49. The number of carbonyl (C=O) groups excluding carboxylic acids is 1. The number of hydrogen-bond donors (Lipinski definition) is 1. The van der Waals surface area contributed by atoms with E-state index in [0.29, 0.717) is 11.8 Å². The van der Waals surface area contributed by atoms with Crippen LogP contribution in [0.3, 0.4) is 0 Å². The van der Waals surface area contributed by atoms with Crippen molar-refractivity contribution in [1.29, 1.82) is 0 Å². The maximum atomic E-state index is 12.9. The predicted octanol–water partition coefficient (Wildman–Crippen LogP) is 1.57. The lowest BCUT2D eigenvalue weighted by atomic mass is 9.75. The molecule has 0 aliphatic carbocycles. The normalized spacial score (nSPS) is 24.6. The van der Waals surface area contributed by atoms with Crippen LogP contribution in [0.4, 0.5) is 0 Å². The Balaban J connectivity index is 1.90. The molecule has 2 aliphatic heterocycles. The molecule has 4 heteroatoms. The summed E-state index contributed by atoms with van der Waals surface area (Å²) >= 11 is 0. The van der Waals surface area contributed by atoms with E-state index in [2.05, 4.69) is 24.2 Å². The van der Waals surface area contributed by atoms with Crippen LogP contribution in [-0.4, -0.2) is 62.5 Å². The summed E-state index contributed by atoms with van der Waals surface area (Å²) in [5, 5.41) is 3.38. The van der Waals surface area contributed by atoms with E-state index in [1.54, 1.807) is 0 Å². The first-order chi connectivity index (χ1) is 9.57. The topological polar surface area (TPSA) is 35.6 Å². The van der Waals surface area contributed by atoms with Crippen LogP contribution in [0.5, 0.6) is 0 Å². The Labute approximate surface area is 123 Å². The van der Waals surface area contributed by atoms with Crippen LogP contribution in [0.15, 0.2) is 0 Å². The second-order valence-electron chi connectivity index (χ2n) is 6.82. The maximum Gasteiger partial charge on any atom is 0.228 e. The second-order valence-corrected chi connectivity index (χ2v) is 6.82. The Kier molecular flexibility index (Phi) is 5.44. The highest BCUT2D eigenvalue weighted by atomic mass is 16.2. The molecule has 2 fully saturated rings. The molecule has 0 unspecified atom stereocenters. The minimum absolute atomic E-state index is 0.0918. The molecule has 0 bridgehead atoms. The highest BCUT2D eigenvalue weighted by molar-refractivity contribution is 5.82. The molecule has 0 aromatic rings. The van der Waals surface area contributed by atoms with Crippen molar-refractivity contribution < 1.29 is 4.79 Å². The fraction of sp³-hybridized carbons (Fsp3) is 0.938. The molecule has 0 atom stereocenters. The van der Waals surface area contributed by atoms with Gasteiger partial charge >= 0.3 is 0 Å². The lowest BCUT2D eigenvalue weighted by molar-refractivity contribution is -0.143. The largest absolute Gasteiger partial charge is 0.345 e. The summed E-state index contributed by atoms with van der Waals surface area (Å²) in [6, 6.07) is 0. The monoisotopic (exact) mass is 281 g/mol. The Hall–Kier alpha value is -0.610. The third-order valence-corrected chi connectivity index (χ3v) is 5.41. The Morgan fingerprint density at radius 3 is 2.45 bits per heavy atom. The van der Waals surface area contributed by atoms with Crippen molar-refractivity contribution in [2.45, 2.75) is 39.0 Å². The van der Waals surface area contributed by atoms with Crippen LogP contribution >= 0.6 is 0 Å². The zero-order chi connectivity index (χ0) is 14.6. The molecule has 0 spiro atoms. The van der Waals surface area contributed by atoms with E-state index in [0.717, 1.165) is 38.9 Å². The molecule has 1 N–H and O–H groups in total. The number of rotatable bonds is 4. The van der Waals surface area contributed by atoms with Gasteiger partial charge in [0.15, 0.2) is 0 Å². The highest BCUT2D eigenvalue weighted by Gasteiger charge is 2.39. The maximum absolute atomic E-state index is 12.9. The number of carbonyl (C=O) groups is 1. The molecule has 116 valence electrons. The van der Waals surface area contributed by atoms with Crippen molar-refractivity contribution in [2.75, 3.05) is 46.8 Å². The summed E-state index contributed by atoms with van der Waals surface area (Å²) in [7, 11) is 4.20. The number of nitrogens with zero attached hydrogens (tertiary/aromatic N) is 2. The molecule has 2 heterocycles. The number of nitrogens with one attached hydrogen (secondary N) is 1. The third-order valence-electron chi connectivity index (χ3n) is 5.41. The fourth-order valence-corrected chi connectivity index (χ4v) is 3.74. The van der Waals surface area contributed by atoms with Crippen molar-refractivity contribution in [1.82, 2.24) is 15.1 Å². The molecule has 0 aromatic carbocycles. The lowest BCUT2D eigenvalue weighted by Gasteiger charge is -2.40. The molecular formula is C16H31N3O. The van der Waals surface area contributed by atoms with E-state index in [-0.39, 0.29) is 5.41 Å². The van der Waals surface area contributed by atoms with E-state index in [4.69, 9.17) is 0 Å². The van der Waals surface area contributed by atoms with E-state index in [1.807, 2.05) is 11.9 Å². The van der Waals surface area contributed by atoms with Gasteiger partial charge in [0.05, 0.1) is 5.41 Å². The zero-order valence-corrected chi connectivity index (χ0v) is 13.5. The van der Waals surface area contributed by atoms with Crippen molar-refractivity contribution in [3.63, 3.8) is 0 Å². The summed E-state index contributed by atoms with van der Waals surface area (Å²) in [6.07, 6.45) is 5.44. The average Bonchev–Trinajstić information content (AvgIpc) is 2.49. The molecule has 0 aromatic heterocycles. The molecule has 0 radical (unpaired) electrons. The van der Waals surface area contributed by atoms with Crippen molar-refractivity contribution in [3.8, 4) is 0 Å². The van der Waals surface area contributed by atoms with Gasteiger partial charge in [0, 0.05) is 13.6 Å². The third kappa shape index (κ3) is 3.53. The highest BCUT2D eigenvalue weighted by Crippen LogP contribution is 2.34. The van der Waals surface area contributed by atoms with E-state index in [9.17, 15) is 4.79 Å². The van der Waals surface area contributed by atoms with Gasteiger partial charge in [-0.05, 0) is 71.2 Å². The van der Waals surface area contributed by atoms with Crippen molar-refractivity contribution >= 4 is 5.91 Å². The second kappa shape index (κ2) is 6.90. The minimum Gasteiger partial charge on any atom is -0.345 e. The van der Waals surface area contributed by atoms with E-state index >= 15 is 0 Å². The van der Waals surface area contributed by atoms with Crippen LogP contribution in [0, 0.1) is 11.3 Å². The quantitative estimate of drug-likeness (QED) is 0.849. The summed E-state index contributed by atoms with van der Waals surface area (Å²) < 4.78 is 0. The molecule has 4 nitrogen and oxygen atoms in total. The van der Waals surface area contributed by atoms with Gasteiger partial charge in [0.1, 0.15) is 0 Å².